The van der Waals surface area contributed by atoms with Gasteiger partial charge >= 0.3 is 12.1 Å². The van der Waals surface area contributed by atoms with Crippen molar-refractivity contribution in [1.29, 1.82) is 0 Å². The number of carboxylic acids is 1. The van der Waals surface area contributed by atoms with Gasteiger partial charge in [0.15, 0.2) is 5.03 Å². The monoisotopic (exact) mass is 503 g/mol. The number of aromatic carboxylic acids is 1. The van der Waals surface area contributed by atoms with Gasteiger partial charge in [0.25, 0.3) is 0 Å². The number of nitrogens with zero attached hydrogens (tertiary/aromatic N) is 3. The van der Waals surface area contributed by atoms with E-state index in [1.165, 1.54) is 0 Å². The lowest BCUT2D eigenvalue weighted by atomic mass is 9.98. The molecule has 13 heteroatoms. The molecule has 7 nitrogen and oxygen atoms in total. The smallest absolute Gasteiger partial charge is 0.417 e. The first-order valence-electron chi connectivity index (χ1n) is 9.53. The molecule has 2 heterocycles. The molecule has 0 aliphatic heterocycles. The summed E-state index contributed by atoms with van der Waals surface area (Å²) in [6, 6.07) is 3.50. The van der Waals surface area contributed by atoms with Crippen LogP contribution in [0.5, 0.6) is 0 Å². The first-order valence-corrected chi connectivity index (χ1v) is 11.4. The number of aromatic nitrogens is 3. The minimum atomic E-state index is -5.03. The molecule has 0 saturated heterocycles. The van der Waals surface area contributed by atoms with Gasteiger partial charge in [-0.05, 0) is 49.9 Å². The fourth-order valence-electron chi connectivity index (χ4n) is 3.79. The molecule has 0 fully saturated rings. The van der Waals surface area contributed by atoms with Crippen LogP contribution in [-0.2, 0) is 28.9 Å². The van der Waals surface area contributed by atoms with Crippen molar-refractivity contribution in [1.82, 2.24) is 14.8 Å². The lowest BCUT2D eigenvalue weighted by molar-refractivity contribution is -0.140. The van der Waals surface area contributed by atoms with E-state index < -0.39 is 48.4 Å². The number of pyridine rings is 1. The van der Waals surface area contributed by atoms with Crippen molar-refractivity contribution < 1.29 is 35.9 Å². The van der Waals surface area contributed by atoms with Crippen LogP contribution in [0.15, 0.2) is 40.4 Å². The standard InChI is InChI=1S/C20H14ClF4N3O4S/c21-17-16(12(7-8-26-17)20(23,24)25)33(31,32)18-11-3-1-2-4-14(11)28(27-18)15-6-5-10(19(29)30)9-13(15)22/h5-9H,1-4H2,(H,29,30). The van der Waals surface area contributed by atoms with Gasteiger partial charge in [-0.2, -0.15) is 18.3 Å². The predicted molar refractivity (Wildman–Crippen MR) is 107 cm³/mol. The number of carbonyl (C=O) groups is 1. The van der Waals surface area contributed by atoms with Gasteiger partial charge in [0.2, 0.25) is 9.84 Å². The minimum absolute atomic E-state index is 0.163. The Kier molecular flexibility index (Phi) is 5.69. The third-order valence-corrected chi connectivity index (χ3v) is 7.44. The summed E-state index contributed by atoms with van der Waals surface area (Å²) in [5, 5.41) is 11.5. The summed E-state index contributed by atoms with van der Waals surface area (Å²) in [7, 11) is -4.91. The van der Waals surface area contributed by atoms with Gasteiger partial charge in [0.05, 0.1) is 11.1 Å². The molecule has 0 spiro atoms. The molecule has 1 N–H and O–H groups in total. The van der Waals surface area contributed by atoms with Crippen LogP contribution < -0.4 is 0 Å². The summed E-state index contributed by atoms with van der Waals surface area (Å²) in [5.74, 6) is -2.35. The van der Waals surface area contributed by atoms with E-state index in [4.69, 9.17) is 16.7 Å². The fourth-order valence-corrected chi connectivity index (χ4v) is 5.93. The molecule has 0 atom stereocenters. The van der Waals surface area contributed by atoms with E-state index in [0.29, 0.717) is 31.0 Å². The number of halogens is 5. The van der Waals surface area contributed by atoms with Crippen LogP contribution >= 0.6 is 11.6 Å². The number of sulfone groups is 1. The highest BCUT2D eigenvalue weighted by atomic mass is 35.5. The molecule has 0 amide bonds. The van der Waals surface area contributed by atoms with E-state index in [0.717, 1.165) is 29.1 Å². The van der Waals surface area contributed by atoms with Crippen molar-refractivity contribution in [2.45, 2.75) is 41.8 Å². The lowest BCUT2D eigenvalue weighted by Gasteiger charge is -2.16. The van der Waals surface area contributed by atoms with E-state index in [9.17, 15) is 30.8 Å². The molecule has 0 bridgehead atoms. The molecule has 33 heavy (non-hydrogen) atoms. The molecule has 4 rings (SSSR count). The average molecular weight is 504 g/mol. The maximum atomic E-state index is 14.7. The SMILES string of the molecule is O=C(O)c1ccc(-n2nc(S(=O)(=O)c3c(C(F)(F)F)ccnc3Cl)c3c2CCCC3)c(F)c1. The second-order valence-electron chi connectivity index (χ2n) is 7.30. The van der Waals surface area contributed by atoms with Crippen LogP contribution in [0.25, 0.3) is 5.69 Å². The van der Waals surface area contributed by atoms with Crippen LogP contribution in [0, 0.1) is 5.82 Å². The summed E-state index contributed by atoms with van der Waals surface area (Å²) in [6.07, 6.45) is -2.63. The van der Waals surface area contributed by atoms with Gasteiger partial charge in [-0.15, -0.1) is 0 Å². The molecule has 2 aromatic heterocycles. The summed E-state index contributed by atoms with van der Waals surface area (Å²) in [6.45, 7) is 0. The molecule has 0 radical (unpaired) electrons. The highest BCUT2D eigenvalue weighted by Crippen LogP contribution is 2.41. The van der Waals surface area contributed by atoms with Crippen LogP contribution in [0.3, 0.4) is 0 Å². The number of benzene rings is 1. The van der Waals surface area contributed by atoms with Gasteiger partial charge < -0.3 is 5.11 Å². The maximum absolute atomic E-state index is 14.7. The topological polar surface area (TPSA) is 102 Å². The van der Waals surface area contributed by atoms with Crippen LogP contribution in [0.4, 0.5) is 17.6 Å². The van der Waals surface area contributed by atoms with E-state index in [1.54, 1.807) is 0 Å². The van der Waals surface area contributed by atoms with Crippen molar-refractivity contribution >= 4 is 27.4 Å². The Morgan fingerprint density at radius 1 is 1.15 bits per heavy atom. The van der Waals surface area contributed by atoms with E-state index >= 15 is 0 Å². The molecule has 1 aliphatic rings. The lowest BCUT2D eigenvalue weighted by Crippen LogP contribution is -2.16. The number of hydrogen-bond donors (Lipinski definition) is 1. The van der Waals surface area contributed by atoms with Crippen molar-refractivity contribution in [2.24, 2.45) is 0 Å². The molecule has 1 aromatic carbocycles. The number of alkyl halides is 3. The van der Waals surface area contributed by atoms with Crippen LogP contribution in [-0.4, -0.2) is 34.3 Å². The van der Waals surface area contributed by atoms with Gasteiger partial charge in [0, 0.05) is 17.5 Å². The van der Waals surface area contributed by atoms with Crippen molar-refractivity contribution in [3.05, 3.63) is 63.8 Å². The Balaban J connectivity index is 1.97. The summed E-state index contributed by atoms with van der Waals surface area (Å²) >= 11 is 5.81. The molecular formula is C20H14ClF4N3O4S. The third kappa shape index (κ3) is 3.97. The van der Waals surface area contributed by atoms with Crippen LogP contribution in [0.2, 0.25) is 5.15 Å². The second-order valence-corrected chi connectivity index (χ2v) is 9.46. The average Bonchev–Trinajstić information content (AvgIpc) is 3.13. The Bertz CT molecular complexity index is 1390. The molecular weight excluding hydrogens is 490 g/mol. The number of hydrogen-bond acceptors (Lipinski definition) is 5. The number of fused-ring (bicyclic) bond motifs is 1. The highest BCUT2D eigenvalue weighted by Gasteiger charge is 2.42. The van der Waals surface area contributed by atoms with Gasteiger partial charge in [-0.25, -0.2) is 27.3 Å². The highest BCUT2D eigenvalue weighted by molar-refractivity contribution is 7.91. The quantitative estimate of drug-likeness (QED) is 0.416. The zero-order valence-corrected chi connectivity index (χ0v) is 18.1. The first-order chi connectivity index (χ1) is 15.4. The zero-order valence-electron chi connectivity index (χ0n) is 16.5. The van der Waals surface area contributed by atoms with Crippen molar-refractivity contribution in [3.63, 3.8) is 0 Å². The molecule has 0 unspecified atom stereocenters. The van der Waals surface area contributed by atoms with E-state index in [2.05, 4.69) is 10.1 Å². The van der Waals surface area contributed by atoms with Gasteiger partial charge in [-0.3, -0.25) is 0 Å². The summed E-state index contributed by atoms with van der Waals surface area (Å²) in [4.78, 5) is 13.4. The largest absolute Gasteiger partial charge is 0.478 e. The first kappa shape index (κ1) is 23.2. The Labute approximate surface area is 189 Å². The zero-order chi connectivity index (χ0) is 24.1. The number of carboxylic acid groups (broad SMARTS) is 1. The van der Waals surface area contributed by atoms with Crippen molar-refractivity contribution in [2.75, 3.05) is 0 Å². The molecule has 1 aliphatic carbocycles. The second kappa shape index (κ2) is 8.10. The summed E-state index contributed by atoms with van der Waals surface area (Å²) in [5.41, 5.74) is -1.57. The maximum Gasteiger partial charge on any atom is 0.417 e. The predicted octanol–water partition coefficient (Wildman–Crippen LogP) is 4.49. The molecule has 174 valence electrons. The fraction of sp³-hybridized carbons (Fsp3) is 0.250. The van der Waals surface area contributed by atoms with Crippen molar-refractivity contribution in [3.8, 4) is 5.69 Å². The van der Waals surface area contributed by atoms with Gasteiger partial charge in [-0.1, -0.05) is 11.6 Å². The molecule has 3 aromatic rings. The van der Waals surface area contributed by atoms with E-state index in [-0.39, 0.29) is 23.2 Å². The Morgan fingerprint density at radius 2 is 1.85 bits per heavy atom. The van der Waals surface area contributed by atoms with Crippen LogP contribution in [0.1, 0.15) is 40.0 Å². The van der Waals surface area contributed by atoms with E-state index in [1.807, 2.05) is 0 Å². The Morgan fingerprint density at radius 3 is 2.48 bits per heavy atom. The molecule has 0 saturated carbocycles. The number of rotatable bonds is 4. The summed E-state index contributed by atoms with van der Waals surface area (Å²) < 4.78 is 83.2. The normalized spacial score (nSPS) is 14.2. The van der Waals surface area contributed by atoms with Gasteiger partial charge in [0.1, 0.15) is 21.6 Å². The third-order valence-electron chi connectivity index (χ3n) is 5.26. The Hall–Kier alpha value is -2.99. The minimum Gasteiger partial charge on any atom is -0.478 e.